The molecule has 2 aromatic heterocycles. The summed E-state index contributed by atoms with van der Waals surface area (Å²) in [4.78, 5) is 47.5. The molecule has 0 radical (unpaired) electrons. The smallest absolute Gasteiger partial charge is 0.415 e. The number of ether oxygens (including phenoxy) is 1. The number of amides is 3. The number of alkyl halides is 1. The number of imidazole rings is 1. The molecule has 6 rings (SSSR count). The van der Waals surface area contributed by atoms with Crippen molar-refractivity contribution < 1.29 is 24.2 Å². The van der Waals surface area contributed by atoms with Crippen LogP contribution in [0.3, 0.4) is 0 Å². The Morgan fingerprint density at radius 3 is 2.63 bits per heavy atom. The fourth-order valence-electron chi connectivity index (χ4n) is 5.75. The molecule has 0 saturated heterocycles. The highest BCUT2D eigenvalue weighted by molar-refractivity contribution is 6.19. The molecule has 0 unspecified atom stereocenters. The van der Waals surface area contributed by atoms with Crippen LogP contribution in [0.5, 0.6) is 11.5 Å². The van der Waals surface area contributed by atoms with Gasteiger partial charge in [0, 0.05) is 67.9 Å². The summed E-state index contributed by atoms with van der Waals surface area (Å²) in [5.41, 5.74) is 4.16. The Kier molecular flexibility index (Phi) is 8.53. The van der Waals surface area contributed by atoms with Gasteiger partial charge in [0.25, 0.3) is 11.8 Å². The normalized spacial score (nSPS) is 14.0. The number of phenols is 1. The highest BCUT2D eigenvalue weighted by Crippen LogP contribution is 2.47. The standard InChI is InChI=1S/C34H33ClN6O5/c1-20-5-4-6-25-28(46-34(45)39(3)14-13-36-2)15-27-31(30(20)25)22(16-35)17-41(27)33(44)26-19-40-18-23(9-12-29(40)38-26)37-32(43)21-7-10-24(42)11-8-21/h4-12,15,18-19,22,36,42H,13-14,16-17H2,1-3H3,(H,37,43)/t22-/m1/s1. The Morgan fingerprint density at radius 2 is 1.89 bits per heavy atom. The third kappa shape index (κ3) is 5.82. The van der Waals surface area contributed by atoms with Crippen LogP contribution in [0, 0.1) is 6.92 Å². The minimum Gasteiger partial charge on any atom is -0.508 e. The van der Waals surface area contributed by atoms with Gasteiger partial charge >= 0.3 is 6.09 Å². The fraction of sp³-hybridized carbons (Fsp3) is 0.235. The van der Waals surface area contributed by atoms with Crippen molar-refractivity contribution in [3.8, 4) is 11.5 Å². The van der Waals surface area contributed by atoms with Crippen molar-refractivity contribution >= 4 is 57.3 Å². The molecule has 0 fully saturated rings. The molecule has 1 aliphatic rings. The number of nitrogens with zero attached hydrogens (tertiary/aromatic N) is 4. The van der Waals surface area contributed by atoms with E-state index >= 15 is 0 Å². The largest absolute Gasteiger partial charge is 0.508 e. The minimum absolute atomic E-state index is 0.0694. The summed E-state index contributed by atoms with van der Waals surface area (Å²) in [6.07, 6.45) is 2.79. The minimum atomic E-state index is -0.503. The number of aromatic nitrogens is 2. The number of aromatic hydroxyl groups is 1. The van der Waals surface area contributed by atoms with E-state index in [1.165, 1.54) is 29.2 Å². The monoisotopic (exact) mass is 640 g/mol. The number of nitrogens with one attached hydrogen (secondary N) is 2. The first-order valence-electron chi connectivity index (χ1n) is 14.8. The van der Waals surface area contributed by atoms with Crippen LogP contribution in [0.1, 0.15) is 37.9 Å². The fourth-order valence-corrected chi connectivity index (χ4v) is 6.01. The molecule has 1 atom stereocenters. The van der Waals surface area contributed by atoms with Gasteiger partial charge in [0.2, 0.25) is 0 Å². The van der Waals surface area contributed by atoms with E-state index in [4.69, 9.17) is 16.3 Å². The maximum Gasteiger partial charge on any atom is 0.415 e. The zero-order chi connectivity index (χ0) is 32.5. The number of carbonyl (C=O) groups is 3. The van der Waals surface area contributed by atoms with Gasteiger partial charge in [-0.25, -0.2) is 9.78 Å². The van der Waals surface area contributed by atoms with E-state index in [0.29, 0.717) is 53.8 Å². The lowest BCUT2D eigenvalue weighted by atomic mass is 9.92. The Labute approximate surface area is 270 Å². The van der Waals surface area contributed by atoms with E-state index in [-0.39, 0.29) is 29.2 Å². The predicted molar refractivity (Wildman–Crippen MR) is 178 cm³/mol. The van der Waals surface area contributed by atoms with Gasteiger partial charge in [0.1, 0.15) is 22.8 Å². The number of benzene rings is 3. The molecule has 11 nitrogen and oxygen atoms in total. The second-order valence-corrected chi connectivity index (χ2v) is 11.6. The van der Waals surface area contributed by atoms with Gasteiger partial charge in [0.05, 0.1) is 11.4 Å². The lowest BCUT2D eigenvalue weighted by molar-refractivity contribution is 0.0982. The molecular weight excluding hydrogens is 608 g/mol. The first-order valence-corrected chi connectivity index (χ1v) is 15.3. The number of aryl methyl sites for hydroxylation is 1. The topological polar surface area (TPSA) is 129 Å². The number of anilines is 2. The van der Waals surface area contributed by atoms with E-state index in [1.807, 2.05) is 32.2 Å². The highest BCUT2D eigenvalue weighted by Gasteiger charge is 2.36. The number of hydrogen-bond donors (Lipinski definition) is 3. The van der Waals surface area contributed by atoms with E-state index < -0.39 is 6.09 Å². The number of phenolic OH excluding ortho intramolecular Hbond substituents is 1. The van der Waals surface area contributed by atoms with Crippen LogP contribution in [0.4, 0.5) is 16.2 Å². The summed E-state index contributed by atoms with van der Waals surface area (Å²) in [5.74, 6) is -0.101. The first kappa shape index (κ1) is 30.9. The second-order valence-electron chi connectivity index (χ2n) is 11.3. The maximum atomic E-state index is 14.1. The van der Waals surface area contributed by atoms with E-state index in [0.717, 1.165) is 21.9 Å². The van der Waals surface area contributed by atoms with Crippen molar-refractivity contribution in [2.75, 3.05) is 49.8 Å². The van der Waals surface area contributed by atoms with Gasteiger partial charge < -0.3 is 34.7 Å². The van der Waals surface area contributed by atoms with E-state index in [9.17, 15) is 19.5 Å². The van der Waals surface area contributed by atoms with Crippen molar-refractivity contribution in [1.82, 2.24) is 19.6 Å². The van der Waals surface area contributed by atoms with Crippen molar-refractivity contribution in [2.45, 2.75) is 12.8 Å². The number of hydrogen-bond acceptors (Lipinski definition) is 7. The van der Waals surface area contributed by atoms with Gasteiger partial charge in [-0.05, 0) is 66.9 Å². The Balaban J connectivity index is 1.33. The maximum absolute atomic E-state index is 14.1. The first-order chi connectivity index (χ1) is 22.2. The highest BCUT2D eigenvalue weighted by atomic mass is 35.5. The summed E-state index contributed by atoms with van der Waals surface area (Å²) in [6, 6.07) is 16.9. The third-order valence-corrected chi connectivity index (χ3v) is 8.52. The average molecular weight is 641 g/mol. The second kappa shape index (κ2) is 12.7. The van der Waals surface area contributed by atoms with Crippen LogP contribution in [-0.4, -0.2) is 76.9 Å². The van der Waals surface area contributed by atoms with Gasteiger partial charge in [-0.3, -0.25) is 9.59 Å². The average Bonchev–Trinajstić information content (AvgIpc) is 3.65. The molecule has 3 heterocycles. The summed E-state index contributed by atoms with van der Waals surface area (Å²) in [7, 11) is 3.49. The molecule has 3 aromatic carbocycles. The summed E-state index contributed by atoms with van der Waals surface area (Å²) in [5, 5.41) is 17.0. The van der Waals surface area contributed by atoms with E-state index in [1.54, 1.807) is 46.9 Å². The van der Waals surface area contributed by atoms with Gasteiger partial charge in [-0.15, -0.1) is 11.6 Å². The zero-order valence-electron chi connectivity index (χ0n) is 25.6. The molecule has 0 bridgehead atoms. The third-order valence-electron chi connectivity index (χ3n) is 8.15. The summed E-state index contributed by atoms with van der Waals surface area (Å²) in [6.45, 7) is 3.40. The van der Waals surface area contributed by atoms with Gasteiger partial charge in [0.15, 0.2) is 0 Å². The molecule has 236 valence electrons. The molecule has 0 spiro atoms. The lowest BCUT2D eigenvalue weighted by Crippen LogP contribution is -2.35. The molecule has 5 aromatic rings. The summed E-state index contributed by atoms with van der Waals surface area (Å²) < 4.78 is 7.60. The zero-order valence-corrected chi connectivity index (χ0v) is 26.3. The van der Waals surface area contributed by atoms with Crippen molar-refractivity contribution in [3.63, 3.8) is 0 Å². The molecule has 3 N–H and O–H groups in total. The number of likely N-dealkylation sites (N-methyl/N-ethyl adjacent to an activating group) is 2. The molecule has 0 saturated carbocycles. The number of pyridine rings is 1. The van der Waals surface area contributed by atoms with Crippen molar-refractivity contribution in [1.29, 1.82) is 0 Å². The molecule has 46 heavy (non-hydrogen) atoms. The van der Waals surface area contributed by atoms with Crippen LogP contribution in [0.25, 0.3) is 16.4 Å². The summed E-state index contributed by atoms with van der Waals surface area (Å²) >= 11 is 6.49. The molecular formula is C34H33ClN6O5. The van der Waals surface area contributed by atoms with Crippen LogP contribution in [0.15, 0.2) is 73.1 Å². The predicted octanol–water partition coefficient (Wildman–Crippen LogP) is 5.39. The number of carbonyl (C=O) groups excluding carboxylic acids is 3. The Hall–Kier alpha value is -5.13. The van der Waals surface area contributed by atoms with Crippen LogP contribution in [-0.2, 0) is 0 Å². The van der Waals surface area contributed by atoms with Crippen molar-refractivity contribution in [3.05, 3.63) is 95.4 Å². The quantitative estimate of drug-likeness (QED) is 0.194. The lowest BCUT2D eigenvalue weighted by Gasteiger charge is -2.21. The number of halogens is 1. The Morgan fingerprint density at radius 1 is 1.11 bits per heavy atom. The van der Waals surface area contributed by atoms with Crippen molar-refractivity contribution in [2.24, 2.45) is 0 Å². The van der Waals surface area contributed by atoms with Gasteiger partial charge in [-0.1, -0.05) is 18.2 Å². The van der Waals surface area contributed by atoms with Gasteiger partial charge in [-0.2, -0.15) is 0 Å². The van der Waals surface area contributed by atoms with Crippen LogP contribution in [0.2, 0.25) is 0 Å². The molecule has 1 aliphatic heterocycles. The number of rotatable bonds is 8. The Bertz CT molecular complexity index is 1980. The SMILES string of the molecule is CNCCN(C)C(=O)Oc1cc2c(c3c(C)cccc13)[C@H](CCl)CN2C(=O)c1cn2cc(NC(=O)c3ccc(O)cc3)ccc2n1. The number of fused-ring (bicyclic) bond motifs is 4. The molecule has 0 aliphatic carbocycles. The van der Waals surface area contributed by atoms with Crippen LogP contribution < -0.4 is 20.3 Å². The van der Waals surface area contributed by atoms with Crippen LogP contribution >= 0.6 is 11.6 Å². The molecule has 3 amide bonds. The molecule has 12 heteroatoms. The van der Waals surface area contributed by atoms with E-state index in [2.05, 4.69) is 15.6 Å².